The molecule has 0 spiro atoms. The van der Waals surface area contributed by atoms with Gasteiger partial charge >= 0.3 is 0 Å². The molecule has 4 heteroatoms. The van der Waals surface area contributed by atoms with Crippen molar-refractivity contribution in [1.82, 2.24) is 9.88 Å². The van der Waals surface area contributed by atoms with Gasteiger partial charge < -0.3 is 5.32 Å². The normalized spacial score (nSPS) is 28.3. The highest BCUT2D eigenvalue weighted by atomic mass is 32.1. The molecule has 1 saturated heterocycles. The lowest BCUT2D eigenvalue weighted by atomic mass is 9.86. The molecule has 0 amide bonds. The predicted molar refractivity (Wildman–Crippen MR) is 72.3 cm³/mol. The van der Waals surface area contributed by atoms with Crippen LogP contribution in [0.25, 0.3) is 0 Å². The van der Waals surface area contributed by atoms with E-state index >= 15 is 0 Å². The van der Waals surface area contributed by atoms with Gasteiger partial charge in [0, 0.05) is 32.1 Å². The van der Waals surface area contributed by atoms with Crippen LogP contribution in [0.4, 0.5) is 5.13 Å². The van der Waals surface area contributed by atoms with Crippen molar-refractivity contribution in [2.75, 3.05) is 25.5 Å². The Bertz CT molecular complexity index is 397. The number of allylic oxidation sites excluding steroid dienone is 2. The van der Waals surface area contributed by atoms with Crippen LogP contribution in [0.3, 0.4) is 0 Å². The monoisotopic (exact) mass is 249 g/mol. The highest BCUT2D eigenvalue weighted by molar-refractivity contribution is 7.13. The molecule has 2 aliphatic rings. The number of hydrogen-bond donors (Lipinski definition) is 1. The molecule has 0 saturated carbocycles. The predicted octanol–water partition coefficient (Wildman–Crippen LogP) is 2.58. The van der Waals surface area contributed by atoms with Crippen molar-refractivity contribution in [2.24, 2.45) is 11.8 Å². The minimum atomic E-state index is 0.891. The molecule has 1 aliphatic heterocycles. The first-order chi connectivity index (χ1) is 8.35. The van der Waals surface area contributed by atoms with E-state index in [2.05, 4.69) is 32.7 Å². The van der Waals surface area contributed by atoms with Crippen molar-refractivity contribution in [2.45, 2.75) is 19.4 Å². The molecule has 17 heavy (non-hydrogen) atoms. The van der Waals surface area contributed by atoms with Crippen LogP contribution < -0.4 is 5.32 Å². The molecule has 1 fully saturated rings. The molecule has 0 aromatic carbocycles. The Morgan fingerprint density at radius 1 is 1.35 bits per heavy atom. The van der Waals surface area contributed by atoms with Gasteiger partial charge in [-0.05, 0) is 24.7 Å². The van der Waals surface area contributed by atoms with Gasteiger partial charge in [-0.25, -0.2) is 4.98 Å². The van der Waals surface area contributed by atoms with Crippen molar-refractivity contribution in [3.63, 3.8) is 0 Å². The summed E-state index contributed by atoms with van der Waals surface area (Å²) < 4.78 is 0. The summed E-state index contributed by atoms with van der Waals surface area (Å²) in [6.07, 6.45) is 7.26. The highest BCUT2D eigenvalue weighted by Crippen LogP contribution is 2.33. The molecule has 2 atom stereocenters. The van der Waals surface area contributed by atoms with Gasteiger partial charge in [-0.3, -0.25) is 4.90 Å². The third kappa shape index (κ3) is 2.38. The lowest BCUT2D eigenvalue weighted by Crippen LogP contribution is -2.20. The van der Waals surface area contributed by atoms with Crippen LogP contribution in [0.2, 0.25) is 0 Å². The first-order valence-electron chi connectivity index (χ1n) is 6.34. The summed E-state index contributed by atoms with van der Waals surface area (Å²) in [5.41, 5.74) is 1.21. The molecule has 1 N–H and O–H groups in total. The number of nitrogens with one attached hydrogen (secondary N) is 1. The largest absolute Gasteiger partial charge is 0.365 e. The van der Waals surface area contributed by atoms with Gasteiger partial charge in [-0.1, -0.05) is 12.2 Å². The van der Waals surface area contributed by atoms with Crippen molar-refractivity contribution < 1.29 is 0 Å². The lowest BCUT2D eigenvalue weighted by Gasteiger charge is -2.18. The lowest BCUT2D eigenvalue weighted by molar-refractivity contribution is 0.311. The van der Waals surface area contributed by atoms with E-state index in [0.29, 0.717) is 0 Å². The van der Waals surface area contributed by atoms with Gasteiger partial charge in [0.2, 0.25) is 0 Å². The van der Waals surface area contributed by atoms with E-state index in [4.69, 9.17) is 0 Å². The third-order valence-electron chi connectivity index (χ3n) is 3.85. The second kappa shape index (κ2) is 4.78. The Morgan fingerprint density at radius 3 is 2.65 bits per heavy atom. The van der Waals surface area contributed by atoms with Crippen molar-refractivity contribution >= 4 is 16.5 Å². The SMILES string of the molecule is CNc1nc(CN2C[C@H]3CC=CC[C@H]3C2)cs1. The molecule has 92 valence electrons. The zero-order valence-electron chi connectivity index (χ0n) is 10.2. The first-order valence-corrected chi connectivity index (χ1v) is 7.22. The summed E-state index contributed by atoms with van der Waals surface area (Å²) in [7, 11) is 1.93. The highest BCUT2D eigenvalue weighted by Gasteiger charge is 2.32. The molecule has 1 aliphatic carbocycles. The van der Waals surface area contributed by atoms with Crippen LogP contribution in [0.5, 0.6) is 0 Å². The summed E-state index contributed by atoms with van der Waals surface area (Å²) in [6, 6.07) is 0. The molecule has 0 unspecified atom stereocenters. The molecule has 0 radical (unpaired) electrons. The molecular weight excluding hydrogens is 230 g/mol. The number of rotatable bonds is 3. The summed E-state index contributed by atoms with van der Waals surface area (Å²) >= 11 is 1.70. The fourth-order valence-corrected chi connectivity index (χ4v) is 3.63. The van der Waals surface area contributed by atoms with Crippen LogP contribution in [0.15, 0.2) is 17.5 Å². The molecule has 1 aromatic heterocycles. The topological polar surface area (TPSA) is 28.2 Å². The zero-order chi connectivity index (χ0) is 11.7. The van der Waals surface area contributed by atoms with Gasteiger partial charge in [0.25, 0.3) is 0 Å². The van der Waals surface area contributed by atoms with E-state index in [0.717, 1.165) is 23.5 Å². The number of nitrogens with zero attached hydrogens (tertiary/aromatic N) is 2. The smallest absolute Gasteiger partial charge is 0.182 e. The minimum absolute atomic E-state index is 0.891. The molecule has 0 bridgehead atoms. The number of anilines is 1. The fourth-order valence-electron chi connectivity index (χ4n) is 2.96. The second-order valence-electron chi connectivity index (χ2n) is 5.05. The van der Waals surface area contributed by atoms with Crippen LogP contribution in [-0.2, 0) is 6.54 Å². The third-order valence-corrected chi connectivity index (χ3v) is 4.76. The number of fused-ring (bicyclic) bond motifs is 1. The quantitative estimate of drug-likeness (QED) is 0.835. The average molecular weight is 249 g/mol. The Balaban J connectivity index is 1.60. The number of aromatic nitrogens is 1. The van der Waals surface area contributed by atoms with Gasteiger partial charge in [-0.15, -0.1) is 11.3 Å². The van der Waals surface area contributed by atoms with Crippen LogP contribution in [0, 0.1) is 11.8 Å². The number of thiazole rings is 1. The van der Waals surface area contributed by atoms with Crippen LogP contribution >= 0.6 is 11.3 Å². The summed E-state index contributed by atoms with van der Waals surface area (Å²) in [5, 5.41) is 6.30. The summed E-state index contributed by atoms with van der Waals surface area (Å²) in [6.45, 7) is 3.52. The molecule has 2 heterocycles. The Labute approximate surface area is 107 Å². The molecular formula is C13H19N3S. The number of hydrogen-bond acceptors (Lipinski definition) is 4. The molecule has 1 aromatic rings. The Hall–Kier alpha value is -0.870. The van der Waals surface area contributed by atoms with Gasteiger partial charge in [0.15, 0.2) is 5.13 Å². The number of likely N-dealkylation sites (tertiary alicyclic amines) is 1. The molecule has 3 rings (SSSR count). The fraction of sp³-hybridized carbons (Fsp3) is 0.615. The standard InChI is InChI=1S/C13H19N3S/c1-14-13-15-12(9-17-13)8-16-6-10-4-2-3-5-11(10)7-16/h2-3,9-11H,4-8H2,1H3,(H,14,15)/t10-,11+. The molecule has 3 nitrogen and oxygen atoms in total. The van der Waals surface area contributed by atoms with Gasteiger partial charge in [-0.2, -0.15) is 0 Å². The van der Waals surface area contributed by atoms with E-state index in [1.165, 1.54) is 31.6 Å². The first kappa shape index (κ1) is 11.2. The summed E-state index contributed by atoms with van der Waals surface area (Å²) in [5.74, 6) is 1.78. The van der Waals surface area contributed by atoms with Crippen molar-refractivity contribution in [3.8, 4) is 0 Å². The van der Waals surface area contributed by atoms with Gasteiger partial charge in [0.1, 0.15) is 0 Å². The van der Waals surface area contributed by atoms with Gasteiger partial charge in [0.05, 0.1) is 5.69 Å². The summed E-state index contributed by atoms with van der Waals surface area (Å²) in [4.78, 5) is 7.13. The van der Waals surface area contributed by atoms with Crippen molar-refractivity contribution in [3.05, 3.63) is 23.2 Å². The second-order valence-corrected chi connectivity index (χ2v) is 5.91. The minimum Gasteiger partial charge on any atom is -0.365 e. The van der Waals surface area contributed by atoms with Crippen LogP contribution in [0.1, 0.15) is 18.5 Å². The average Bonchev–Trinajstić information content (AvgIpc) is 2.94. The Kier molecular flexibility index (Phi) is 3.16. The van der Waals surface area contributed by atoms with Crippen molar-refractivity contribution in [1.29, 1.82) is 0 Å². The van der Waals surface area contributed by atoms with Crippen LogP contribution in [-0.4, -0.2) is 30.0 Å². The van der Waals surface area contributed by atoms with E-state index in [1.54, 1.807) is 11.3 Å². The maximum atomic E-state index is 4.56. The maximum absolute atomic E-state index is 4.56. The Morgan fingerprint density at radius 2 is 2.06 bits per heavy atom. The van der Waals surface area contributed by atoms with E-state index in [-0.39, 0.29) is 0 Å². The zero-order valence-corrected chi connectivity index (χ0v) is 11.0. The van der Waals surface area contributed by atoms with E-state index in [9.17, 15) is 0 Å². The van der Waals surface area contributed by atoms with E-state index in [1.807, 2.05) is 7.05 Å². The van der Waals surface area contributed by atoms with E-state index < -0.39 is 0 Å². The maximum Gasteiger partial charge on any atom is 0.182 e.